The Hall–Kier alpha value is -1.02. The molecule has 0 aliphatic heterocycles. The lowest BCUT2D eigenvalue weighted by molar-refractivity contribution is -0.417. The Bertz CT molecular complexity index is 220. The van der Waals surface area contributed by atoms with Crippen LogP contribution in [0.4, 0.5) is 0 Å². The van der Waals surface area contributed by atoms with Crippen molar-refractivity contribution in [3.05, 3.63) is 21.2 Å². The largest absolute Gasteiger partial charge is 0.351 e. The molecule has 0 aromatic carbocycles. The van der Waals surface area contributed by atoms with Crippen LogP contribution in [0.1, 0.15) is 19.8 Å². The summed E-state index contributed by atoms with van der Waals surface area (Å²) in [6.07, 6.45) is 2.07. The van der Waals surface area contributed by atoms with Crippen LogP contribution in [0.3, 0.4) is 0 Å². The normalized spacial score (nSPS) is 10.8. The standard InChI is InChI=1S/C7H10N2O2S/c1-2-3-4-12-6-7(5-8)9(10)11/h6H,2-4H2,1H3. The van der Waals surface area contributed by atoms with E-state index >= 15 is 0 Å². The molecule has 0 heterocycles. The fourth-order valence-corrected chi connectivity index (χ4v) is 1.35. The van der Waals surface area contributed by atoms with Crippen LogP contribution in [-0.4, -0.2) is 10.7 Å². The summed E-state index contributed by atoms with van der Waals surface area (Å²) < 4.78 is 0. The maximum absolute atomic E-state index is 10.1. The highest BCUT2D eigenvalue weighted by Crippen LogP contribution is 2.09. The quantitative estimate of drug-likeness (QED) is 0.285. The van der Waals surface area contributed by atoms with E-state index in [1.54, 1.807) is 0 Å². The summed E-state index contributed by atoms with van der Waals surface area (Å²) in [5.41, 5.74) is -0.379. The van der Waals surface area contributed by atoms with Crippen LogP contribution in [0.2, 0.25) is 0 Å². The van der Waals surface area contributed by atoms with Crippen molar-refractivity contribution >= 4 is 11.8 Å². The molecule has 0 aromatic rings. The molecule has 0 rings (SSSR count). The molecule has 0 fully saturated rings. The zero-order valence-electron chi connectivity index (χ0n) is 6.82. The second-order valence-corrected chi connectivity index (χ2v) is 3.07. The predicted molar refractivity (Wildman–Crippen MR) is 48.1 cm³/mol. The van der Waals surface area contributed by atoms with Crippen LogP contribution in [-0.2, 0) is 0 Å². The lowest BCUT2D eigenvalue weighted by Gasteiger charge is -1.90. The number of nitrogens with zero attached hydrogens (tertiary/aromatic N) is 2. The van der Waals surface area contributed by atoms with Gasteiger partial charge in [0, 0.05) is 0 Å². The van der Waals surface area contributed by atoms with E-state index in [1.165, 1.54) is 23.2 Å². The predicted octanol–water partition coefficient (Wildman–Crippen LogP) is 2.16. The van der Waals surface area contributed by atoms with Gasteiger partial charge in [-0.05, 0) is 12.2 Å². The Labute approximate surface area is 75.4 Å². The Morgan fingerprint density at radius 3 is 2.92 bits per heavy atom. The molecule has 0 bridgehead atoms. The fraction of sp³-hybridized carbons (Fsp3) is 0.571. The molecule has 0 aliphatic carbocycles. The molecule has 0 atom stereocenters. The Balaban J connectivity index is 3.81. The van der Waals surface area contributed by atoms with E-state index in [4.69, 9.17) is 5.26 Å². The van der Waals surface area contributed by atoms with E-state index in [1.807, 2.05) is 6.92 Å². The summed E-state index contributed by atoms with van der Waals surface area (Å²) in [6, 6.07) is 1.52. The van der Waals surface area contributed by atoms with E-state index < -0.39 is 4.92 Å². The topological polar surface area (TPSA) is 66.9 Å². The number of hydrogen-bond donors (Lipinski definition) is 0. The van der Waals surface area contributed by atoms with Crippen LogP contribution in [0.5, 0.6) is 0 Å². The lowest BCUT2D eigenvalue weighted by atomic mass is 10.4. The van der Waals surface area contributed by atoms with Crippen molar-refractivity contribution in [2.75, 3.05) is 5.75 Å². The Morgan fingerprint density at radius 1 is 1.83 bits per heavy atom. The van der Waals surface area contributed by atoms with Gasteiger partial charge < -0.3 is 0 Å². The summed E-state index contributed by atoms with van der Waals surface area (Å²) in [5, 5.41) is 19.7. The molecule has 0 saturated heterocycles. The minimum atomic E-state index is -0.668. The first-order valence-electron chi connectivity index (χ1n) is 3.58. The maximum atomic E-state index is 10.1. The van der Waals surface area contributed by atoms with E-state index in [-0.39, 0.29) is 5.70 Å². The molecule has 0 radical (unpaired) electrons. The van der Waals surface area contributed by atoms with E-state index in [9.17, 15) is 10.1 Å². The SMILES string of the molecule is CCCCSC=C(C#N)[N+](=O)[O-]. The number of thioether (sulfide) groups is 1. The van der Waals surface area contributed by atoms with Gasteiger partial charge in [0.2, 0.25) is 0 Å². The molecule has 12 heavy (non-hydrogen) atoms. The molecule has 0 unspecified atom stereocenters. The van der Waals surface area contributed by atoms with Crippen molar-refractivity contribution in [3.63, 3.8) is 0 Å². The highest BCUT2D eigenvalue weighted by atomic mass is 32.2. The first-order chi connectivity index (χ1) is 5.72. The molecule has 4 nitrogen and oxygen atoms in total. The van der Waals surface area contributed by atoms with Crippen molar-refractivity contribution in [2.45, 2.75) is 19.8 Å². The van der Waals surface area contributed by atoms with E-state index in [0.717, 1.165) is 18.6 Å². The summed E-state index contributed by atoms with van der Waals surface area (Å²) in [6.45, 7) is 2.04. The van der Waals surface area contributed by atoms with Gasteiger partial charge in [0.25, 0.3) is 0 Å². The van der Waals surface area contributed by atoms with Crippen molar-refractivity contribution in [3.8, 4) is 6.07 Å². The highest BCUT2D eigenvalue weighted by molar-refractivity contribution is 8.02. The number of nitro groups is 1. The zero-order chi connectivity index (χ0) is 9.40. The second kappa shape index (κ2) is 6.68. The van der Waals surface area contributed by atoms with Crippen LogP contribution >= 0.6 is 11.8 Å². The van der Waals surface area contributed by atoms with Gasteiger partial charge >= 0.3 is 5.70 Å². The number of nitriles is 1. The van der Waals surface area contributed by atoms with Gasteiger partial charge in [-0.2, -0.15) is 5.26 Å². The second-order valence-electron chi connectivity index (χ2n) is 2.10. The molecule has 0 N–H and O–H groups in total. The number of hydrogen-bond acceptors (Lipinski definition) is 4. The molecule has 66 valence electrons. The summed E-state index contributed by atoms with van der Waals surface area (Å²) >= 11 is 1.31. The molecular formula is C7H10N2O2S. The molecule has 0 amide bonds. The lowest BCUT2D eigenvalue weighted by Crippen LogP contribution is -1.94. The molecule has 5 heteroatoms. The van der Waals surface area contributed by atoms with Crippen molar-refractivity contribution in [1.82, 2.24) is 0 Å². The summed E-state index contributed by atoms with van der Waals surface area (Å²) in [5.74, 6) is 0.829. The molecule has 0 aliphatic rings. The van der Waals surface area contributed by atoms with Crippen LogP contribution in [0.25, 0.3) is 0 Å². The minimum Gasteiger partial charge on any atom is -0.258 e. The average Bonchev–Trinajstić information content (AvgIpc) is 2.04. The zero-order valence-corrected chi connectivity index (χ0v) is 7.63. The molecular weight excluding hydrogens is 176 g/mol. The third kappa shape index (κ3) is 4.74. The Morgan fingerprint density at radius 2 is 2.50 bits per heavy atom. The third-order valence-electron chi connectivity index (χ3n) is 1.12. The highest BCUT2D eigenvalue weighted by Gasteiger charge is 2.06. The molecule has 0 saturated carbocycles. The monoisotopic (exact) mass is 186 g/mol. The van der Waals surface area contributed by atoms with Gasteiger partial charge in [-0.15, -0.1) is 11.8 Å². The first-order valence-corrected chi connectivity index (χ1v) is 4.63. The van der Waals surface area contributed by atoms with E-state index in [2.05, 4.69) is 0 Å². The van der Waals surface area contributed by atoms with Gasteiger partial charge in [-0.3, -0.25) is 10.1 Å². The van der Waals surface area contributed by atoms with Gasteiger partial charge in [0.15, 0.2) is 6.07 Å². The van der Waals surface area contributed by atoms with Crippen molar-refractivity contribution in [1.29, 1.82) is 5.26 Å². The number of rotatable bonds is 5. The van der Waals surface area contributed by atoms with E-state index in [0.29, 0.717) is 0 Å². The van der Waals surface area contributed by atoms with Crippen molar-refractivity contribution in [2.24, 2.45) is 0 Å². The number of allylic oxidation sites excluding steroid dienone is 1. The van der Waals surface area contributed by atoms with Crippen LogP contribution in [0, 0.1) is 21.4 Å². The Kier molecular flexibility index (Phi) is 6.11. The fourth-order valence-electron chi connectivity index (χ4n) is 0.476. The maximum Gasteiger partial charge on any atom is 0.351 e. The van der Waals surface area contributed by atoms with Gasteiger partial charge in [-0.25, -0.2) is 0 Å². The van der Waals surface area contributed by atoms with Crippen LogP contribution in [0.15, 0.2) is 11.1 Å². The van der Waals surface area contributed by atoms with Gasteiger partial charge in [0.1, 0.15) is 0 Å². The summed E-state index contributed by atoms with van der Waals surface area (Å²) in [4.78, 5) is 9.43. The summed E-state index contributed by atoms with van der Waals surface area (Å²) in [7, 11) is 0. The average molecular weight is 186 g/mol. The minimum absolute atomic E-state index is 0.379. The number of unbranched alkanes of at least 4 members (excludes halogenated alkanes) is 1. The molecule has 0 aromatic heterocycles. The third-order valence-corrected chi connectivity index (χ3v) is 2.04. The first kappa shape index (κ1) is 11.0. The van der Waals surface area contributed by atoms with Gasteiger partial charge in [0.05, 0.1) is 10.3 Å². The smallest absolute Gasteiger partial charge is 0.258 e. The van der Waals surface area contributed by atoms with Crippen molar-refractivity contribution < 1.29 is 4.92 Å². The van der Waals surface area contributed by atoms with Crippen LogP contribution < -0.4 is 0 Å². The molecule has 0 spiro atoms. The van der Waals surface area contributed by atoms with Gasteiger partial charge in [-0.1, -0.05) is 13.3 Å².